The summed E-state index contributed by atoms with van der Waals surface area (Å²) in [7, 11) is 0. The van der Waals surface area contributed by atoms with Crippen LogP contribution in [-0.2, 0) is 9.59 Å². The Morgan fingerprint density at radius 2 is 0.644 bits per heavy atom. The molecule has 0 aromatic carbocycles. The molecular weight excluding hydrogens is 550 g/mol. The van der Waals surface area contributed by atoms with Gasteiger partial charge in [0.1, 0.15) is 11.6 Å². The fraction of sp³-hybridized carbons (Fsp3) is 0.857. The number of hydrogen-bond donors (Lipinski definition) is 1. The Morgan fingerprint density at radius 1 is 0.400 bits per heavy atom. The van der Waals surface area contributed by atoms with Crippen molar-refractivity contribution in [1.82, 2.24) is 6.15 Å². The van der Waals surface area contributed by atoms with Crippen molar-refractivity contribution >= 4 is 11.6 Å². The van der Waals surface area contributed by atoms with Crippen molar-refractivity contribution in [3.8, 4) is 0 Å². The standard InChI is InChI=1S/C42H78O2.H3N/c1-7-9-11-13-15-17-19-21-23-25-27-29-31-33-35-37-39(43)42(6,41(3,4)5)40(44)38-36-34-32-30-28-26-24-22-20-18-16-14-12-10-8-2;/h21-24H,7-20,25-38H2,1-6H3;1H3/b23-21-,24-22-;. The van der Waals surface area contributed by atoms with Gasteiger partial charge in [0, 0.05) is 12.8 Å². The van der Waals surface area contributed by atoms with Gasteiger partial charge in [-0.1, -0.05) is 162 Å². The predicted octanol–water partition coefficient (Wildman–Crippen LogP) is 14.4. The van der Waals surface area contributed by atoms with E-state index >= 15 is 0 Å². The van der Waals surface area contributed by atoms with E-state index in [1.54, 1.807) is 0 Å². The molecule has 45 heavy (non-hydrogen) atoms. The monoisotopic (exact) mass is 632 g/mol. The van der Waals surface area contributed by atoms with Crippen molar-refractivity contribution in [3.05, 3.63) is 24.3 Å². The quantitative estimate of drug-likeness (QED) is 0.0456. The average molecular weight is 632 g/mol. The maximum absolute atomic E-state index is 13.4. The molecule has 0 heterocycles. The molecule has 0 bridgehead atoms. The second-order valence-corrected chi connectivity index (χ2v) is 14.9. The number of unbranched alkanes of at least 4 members (excludes halogenated alkanes) is 22. The maximum Gasteiger partial charge on any atom is 0.146 e. The van der Waals surface area contributed by atoms with Crippen LogP contribution in [0.3, 0.4) is 0 Å². The van der Waals surface area contributed by atoms with Crippen molar-refractivity contribution in [1.29, 1.82) is 0 Å². The highest BCUT2D eigenvalue weighted by Crippen LogP contribution is 2.42. The van der Waals surface area contributed by atoms with Crippen LogP contribution >= 0.6 is 0 Å². The molecule has 0 atom stereocenters. The molecule has 0 fully saturated rings. The fourth-order valence-electron chi connectivity index (χ4n) is 6.20. The zero-order chi connectivity index (χ0) is 32.8. The van der Waals surface area contributed by atoms with Crippen molar-refractivity contribution in [2.24, 2.45) is 10.8 Å². The predicted molar refractivity (Wildman–Crippen MR) is 202 cm³/mol. The first-order valence-electron chi connectivity index (χ1n) is 19.6. The van der Waals surface area contributed by atoms with E-state index in [0.29, 0.717) is 12.8 Å². The summed E-state index contributed by atoms with van der Waals surface area (Å²) in [5.41, 5.74) is -1.21. The zero-order valence-corrected chi connectivity index (χ0v) is 31.6. The summed E-state index contributed by atoms with van der Waals surface area (Å²) in [4.78, 5) is 26.8. The van der Waals surface area contributed by atoms with Gasteiger partial charge in [-0.25, -0.2) is 0 Å². The lowest BCUT2D eigenvalue weighted by Crippen LogP contribution is -2.47. The third-order valence-electron chi connectivity index (χ3n) is 9.95. The number of Topliss-reactive ketones (excluding diaryl/α,β-unsaturated/α-hetero) is 2. The molecule has 0 unspecified atom stereocenters. The van der Waals surface area contributed by atoms with Crippen LogP contribution in [0.5, 0.6) is 0 Å². The van der Waals surface area contributed by atoms with E-state index in [1.165, 1.54) is 141 Å². The fourth-order valence-corrected chi connectivity index (χ4v) is 6.20. The first kappa shape index (κ1) is 45.9. The minimum absolute atomic E-state index is 0. The number of carbonyl (C=O) groups excluding carboxylic acids is 2. The first-order chi connectivity index (χ1) is 21.2. The van der Waals surface area contributed by atoms with Crippen molar-refractivity contribution in [2.45, 2.75) is 221 Å². The number of rotatable bonds is 32. The maximum atomic E-state index is 13.4. The molecule has 0 saturated heterocycles. The summed E-state index contributed by atoms with van der Waals surface area (Å²) < 4.78 is 0. The van der Waals surface area contributed by atoms with E-state index < -0.39 is 5.41 Å². The van der Waals surface area contributed by atoms with Gasteiger partial charge >= 0.3 is 0 Å². The normalized spacial score (nSPS) is 12.3. The van der Waals surface area contributed by atoms with Crippen LogP contribution in [0.4, 0.5) is 0 Å². The van der Waals surface area contributed by atoms with Gasteiger partial charge < -0.3 is 6.15 Å². The zero-order valence-electron chi connectivity index (χ0n) is 31.6. The second-order valence-electron chi connectivity index (χ2n) is 14.9. The lowest BCUT2D eigenvalue weighted by atomic mass is 9.61. The van der Waals surface area contributed by atoms with Gasteiger partial charge in [-0.3, -0.25) is 9.59 Å². The molecule has 3 nitrogen and oxygen atoms in total. The van der Waals surface area contributed by atoms with Crippen LogP contribution in [0.1, 0.15) is 221 Å². The Hall–Kier alpha value is -1.22. The summed E-state index contributed by atoms with van der Waals surface area (Å²) >= 11 is 0. The van der Waals surface area contributed by atoms with Gasteiger partial charge in [0.15, 0.2) is 0 Å². The lowest BCUT2D eigenvalue weighted by Gasteiger charge is -2.39. The van der Waals surface area contributed by atoms with Crippen molar-refractivity contribution in [3.63, 3.8) is 0 Å². The summed E-state index contributed by atoms with van der Waals surface area (Å²) in [6.45, 7) is 12.7. The molecule has 0 saturated carbocycles. The molecule has 0 aromatic rings. The van der Waals surface area contributed by atoms with Gasteiger partial charge in [0.2, 0.25) is 0 Å². The third kappa shape index (κ3) is 24.6. The molecule has 0 amide bonds. The van der Waals surface area contributed by atoms with Crippen LogP contribution < -0.4 is 6.15 Å². The van der Waals surface area contributed by atoms with Crippen LogP contribution in [0.2, 0.25) is 0 Å². The van der Waals surface area contributed by atoms with Gasteiger partial charge in [-0.05, 0) is 76.5 Å². The Labute approximate surface area is 283 Å². The number of allylic oxidation sites excluding steroid dienone is 4. The molecule has 266 valence electrons. The SMILES string of the molecule is CCCCCCCC/C=C\CCCCCCCC(=O)C(C)(C(=O)CCCCCCC/C=C\CCCCCCCC)C(C)(C)C.N. The van der Waals surface area contributed by atoms with Gasteiger partial charge in [0.25, 0.3) is 0 Å². The smallest absolute Gasteiger partial charge is 0.146 e. The van der Waals surface area contributed by atoms with E-state index in [4.69, 9.17) is 0 Å². The van der Waals surface area contributed by atoms with E-state index in [-0.39, 0.29) is 23.1 Å². The first-order valence-corrected chi connectivity index (χ1v) is 19.6. The molecule has 0 radical (unpaired) electrons. The minimum atomic E-state index is -0.866. The summed E-state index contributed by atoms with van der Waals surface area (Å²) in [5, 5.41) is 0. The number of ketones is 2. The van der Waals surface area contributed by atoms with Gasteiger partial charge in [-0.15, -0.1) is 0 Å². The van der Waals surface area contributed by atoms with E-state index in [0.717, 1.165) is 25.7 Å². The molecule has 0 spiro atoms. The van der Waals surface area contributed by atoms with Gasteiger partial charge in [-0.2, -0.15) is 0 Å². The Balaban J connectivity index is 0. The topological polar surface area (TPSA) is 69.1 Å². The van der Waals surface area contributed by atoms with E-state index in [9.17, 15) is 9.59 Å². The summed E-state index contributed by atoms with van der Waals surface area (Å²) in [5.74, 6) is 0.334. The Bertz CT molecular complexity index is 677. The van der Waals surface area contributed by atoms with Crippen LogP contribution in [-0.4, -0.2) is 11.6 Å². The van der Waals surface area contributed by atoms with Crippen molar-refractivity contribution in [2.75, 3.05) is 0 Å². The Morgan fingerprint density at radius 3 is 0.911 bits per heavy atom. The molecule has 0 aliphatic rings. The van der Waals surface area contributed by atoms with Crippen molar-refractivity contribution < 1.29 is 9.59 Å². The third-order valence-corrected chi connectivity index (χ3v) is 9.95. The minimum Gasteiger partial charge on any atom is -0.344 e. The summed E-state index contributed by atoms with van der Waals surface area (Å²) in [6, 6.07) is 0. The number of carbonyl (C=O) groups is 2. The molecular formula is C42H81NO2. The average Bonchev–Trinajstić information content (AvgIpc) is 2.99. The van der Waals surface area contributed by atoms with Crippen LogP contribution in [0.15, 0.2) is 24.3 Å². The molecule has 0 aliphatic carbocycles. The highest BCUT2D eigenvalue weighted by atomic mass is 16.2. The number of hydrogen-bond acceptors (Lipinski definition) is 3. The van der Waals surface area contributed by atoms with Crippen LogP contribution in [0, 0.1) is 10.8 Å². The molecule has 0 aliphatic heterocycles. The second kappa shape index (κ2) is 31.4. The largest absolute Gasteiger partial charge is 0.344 e. The molecule has 3 N–H and O–H groups in total. The van der Waals surface area contributed by atoms with Gasteiger partial charge in [0.05, 0.1) is 5.41 Å². The highest BCUT2D eigenvalue weighted by Gasteiger charge is 2.48. The van der Waals surface area contributed by atoms with Crippen LogP contribution in [0.25, 0.3) is 0 Å². The Kier molecular flexibility index (Phi) is 32.0. The molecule has 0 aromatic heterocycles. The van der Waals surface area contributed by atoms with E-state index in [2.05, 4.69) is 58.9 Å². The van der Waals surface area contributed by atoms with E-state index in [1.807, 2.05) is 6.92 Å². The summed E-state index contributed by atoms with van der Waals surface area (Å²) in [6.07, 6.45) is 43.2. The molecule has 3 heteroatoms. The lowest BCUT2D eigenvalue weighted by molar-refractivity contribution is -0.147. The molecule has 0 rings (SSSR count). The highest BCUT2D eigenvalue weighted by molar-refractivity contribution is 6.07.